The molecule has 0 heterocycles. The molecular formula is C18H20ClNO4S. The van der Waals surface area contributed by atoms with Gasteiger partial charge in [0.05, 0.1) is 22.6 Å². The zero-order chi connectivity index (χ0) is 18.8. The van der Waals surface area contributed by atoms with E-state index in [1.807, 2.05) is 32.0 Å². The van der Waals surface area contributed by atoms with Gasteiger partial charge in [-0.05, 0) is 50.1 Å². The molecule has 1 atom stereocenters. The van der Waals surface area contributed by atoms with E-state index in [4.69, 9.17) is 11.6 Å². The Labute approximate surface area is 153 Å². The molecule has 0 saturated heterocycles. The van der Waals surface area contributed by atoms with Gasteiger partial charge in [0.15, 0.2) is 0 Å². The minimum atomic E-state index is -3.83. The molecular weight excluding hydrogens is 362 g/mol. The summed E-state index contributed by atoms with van der Waals surface area (Å²) in [5.41, 5.74) is 2.94. The Kier molecular flexibility index (Phi) is 5.87. The number of ether oxygens (including phenoxy) is 1. The first-order chi connectivity index (χ1) is 11.7. The minimum absolute atomic E-state index is 0.00595. The van der Waals surface area contributed by atoms with Crippen LogP contribution in [0.1, 0.15) is 40.0 Å². The van der Waals surface area contributed by atoms with Crippen molar-refractivity contribution < 1.29 is 17.9 Å². The number of hydrogen-bond donors (Lipinski definition) is 1. The highest BCUT2D eigenvalue weighted by Crippen LogP contribution is 2.24. The molecule has 0 unspecified atom stereocenters. The Balaban J connectivity index is 2.36. The van der Waals surface area contributed by atoms with Crippen molar-refractivity contribution in [3.63, 3.8) is 0 Å². The van der Waals surface area contributed by atoms with Gasteiger partial charge in [-0.15, -0.1) is 0 Å². The van der Waals surface area contributed by atoms with Crippen molar-refractivity contribution in [3.8, 4) is 0 Å². The number of esters is 1. The predicted octanol–water partition coefficient (Wildman–Crippen LogP) is 3.78. The second-order valence-electron chi connectivity index (χ2n) is 5.84. The number of halogens is 1. The van der Waals surface area contributed by atoms with Gasteiger partial charge in [0.25, 0.3) is 0 Å². The minimum Gasteiger partial charge on any atom is -0.465 e. The Bertz CT molecular complexity index is 909. The number of benzene rings is 2. The number of carbonyl (C=O) groups excluding carboxylic acids is 1. The van der Waals surface area contributed by atoms with Crippen LogP contribution in [0.15, 0.2) is 41.3 Å². The van der Waals surface area contributed by atoms with E-state index in [-0.39, 0.29) is 15.5 Å². The van der Waals surface area contributed by atoms with E-state index < -0.39 is 22.0 Å². The zero-order valence-electron chi connectivity index (χ0n) is 14.5. The van der Waals surface area contributed by atoms with Crippen LogP contribution < -0.4 is 4.72 Å². The van der Waals surface area contributed by atoms with Crippen LogP contribution in [0.3, 0.4) is 0 Å². The number of carbonyl (C=O) groups is 1. The van der Waals surface area contributed by atoms with Crippen molar-refractivity contribution >= 4 is 27.6 Å². The van der Waals surface area contributed by atoms with E-state index in [2.05, 4.69) is 9.46 Å². The van der Waals surface area contributed by atoms with Gasteiger partial charge in [0.1, 0.15) is 0 Å². The lowest BCUT2D eigenvalue weighted by atomic mass is 10.0. The van der Waals surface area contributed by atoms with Gasteiger partial charge in [-0.1, -0.05) is 35.4 Å². The molecule has 0 aliphatic carbocycles. The van der Waals surface area contributed by atoms with Crippen LogP contribution in [0, 0.1) is 13.8 Å². The fourth-order valence-electron chi connectivity index (χ4n) is 2.53. The molecule has 2 rings (SSSR count). The Morgan fingerprint density at radius 1 is 1.16 bits per heavy atom. The molecule has 0 fully saturated rings. The molecule has 0 spiro atoms. The smallest absolute Gasteiger partial charge is 0.339 e. The molecule has 5 nitrogen and oxygen atoms in total. The molecule has 7 heteroatoms. The average molecular weight is 382 g/mol. The van der Waals surface area contributed by atoms with E-state index in [9.17, 15) is 13.2 Å². The van der Waals surface area contributed by atoms with Gasteiger partial charge in [0.2, 0.25) is 10.0 Å². The van der Waals surface area contributed by atoms with Gasteiger partial charge < -0.3 is 4.74 Å². The second kappa shape index (κ2) is 7.56. The van der Waals surface area contributed by atoms with Crippen LogP contribution in [0.25, 0.3) is 0 Å². The van der Waals surface area contributed by atoms with Gasteiger partial charge in [-0.25, -0.2) is 17.9 Å². The van der Waals surface area contributed by atoms with Crippen LogP contribution in [0.2, 0.25) is 5.02 Å². The van der Waals surface area contributed by atoms with Crippen molar-refractivity contribution in [2.45, 2.75) is 31.7 Å². The lowest BCUT2D eigenvalue weighted by molar-refractivity contribution is 0.0600. The van der Waals surface area contributed by atoms with E-state index in [0.717, 1.165) is 16.7 Å². The van der Waals surface area contributed by atoms with Crippen LogP contribution in [-0.2, 0) is 14.8 Å². The largest absolute Gasteiger partial charge is 0.465 e. The zero-order valence-corrected chi connectivity index (χ0v) is 16.0. The first-order valence-corrected chi connectivity index (χ1v) is 9.49. The molecule has 2 aromatic rings. The molecule has 0 saturated carbocycles. The number of nitrogens with one attached hydrogen (secondary N) is 1. The number of sulfonamides is 1. The third kappa shape index (κ3) is 4.39. The van der Waals surface area contributed by atoms with E-state index in [1.54, 1.807) is 6.92 Å². The van der Waals surface area contributed by atoms with Gasteiger partial charge in [0, 0.05) is 6.04 Å². The summed E-state index contributed by atoms with van der Waals surface area (Å²) in [7, 11) is -2.63. The maximum Gasteiger partial charge on any atom is 0.339 e. The average Bonchev–Trinajstić information content (AvgIpc) is 2.56. The number of rotatable bonds is 5. The first-order valence-electron chi connectivity index (χ1n) is 7.63. The highest BCUT2D eigenvalue weighted by atomic mass is 35.5. The quantitative estimate of drug-likeness (QED) is 0.800. The van der Waals surface area contributed by atoms with Crippen LogP contribution in [0.5, 0.6) is 0 Å². The standard InChI is InChI=1S/C18H20ClNO4S/c1-11-5-6-12(2)15(9-11)13(3)20-25(22,23)14-7-8-17(19)16(10-14)18(21)24-4/h5-10,13,20H,1-4H3/t13-/m1/s1. The number of hydrogen-bond acceptors (Lipinski definition) is 4. The highest BCUT2D eigenvalue weighted by Gasteiger charge is 2.22. The summed E-state index contributed by atoms with van der Waals surface area (Å²) in [6.07, 6.45) is 0. The van der Waals surface area contributed by atoms with Gasteiger partial charge in [-0.3, -0.25) is 0 Å². The Hall–Kier alpha value is -1.89. The van der Waals surface area contributed by atoms with E-state index in [0.29, 0.717) is 0 Å². The Morgan fingerprint density at radius 2 is 1.84 bits per heavy atom. The normalized spacial score (nSPS) is 12.7. The molecule has 0 aliphatic rings. The summed E-state index contributed by atoms with van der Waals surface area (Å²) in [6.45, 7) is 5.65. The molecule has 0 aromatic heterocycles. The monoisotopic (exact) mass is 381 g/mol. The summed E-state index contributed by atoms with van der Waals surface area (Å²) in [6, 6.07) is 9.38. The molecule has 25 heavy (non-hydrogen) atoms. The molecule has 0 bridgehead atoms. The van der Waals surface area contributed by atoms with E-state index >= 15 is 0 Å². The topological polar surface area (TPSA) is 72.5 Å². The lowest BCUT2D eigenvalue weighted by Gasteiger charge is -2.18. The van der Waals surface area contributed by atoms with Crippen molar-refractivity contribution in [3.05, 3.63) is 63.7 Å². The lowest BCUT2D eigenvalue weighted by Crippen LogP contribution is -2.27. The fraction of sp³-hybridized carbons (Fsp3) is 0.278. The predicted molar refractivity (Wildman–Crippen MR) is 97.4 cm³/mol. The number of aryl methyl sites for hydroxylation is 2. The van der Waals surface area contributed by atoms with Crippen molar-refractivity contribution in [1.29, 1.82) is 0 Å². The summed E-state index contributed by atoms with van der Waals surface area (Å²) < 4.78 is 32.6. The molecule has 1 N–H and O–H groups in total. The summed E-state index contributed by atoms with van der Waals surface area (Å²) in [5, 5.41) is 0.133. The van der Waals surface area contributed by atoms with Gasteiger partial charge >= 0.3 is 5.97 Å². The molecule has 0 radical (unpaired) electrons. The first kappa shape index (κ1) is 19.4. The van der Waals surface area contributed by atoms with Crippen molar-refractivity contribution in [2.24, 2.45) is 0 Å². The molecule has 2 aromatic carbocycles. The summed E-state index contributed by atoms with van der Waals surface area (Å²) in [4.78, 5) is 11.7. The van der Waals surface area contributed by atoms with Gasteiger partial charge in [-0.2, -0.15) is 0 Å². The second-order valence-corrected chi connectivity index (χ2v) is 7.96. The van der Waals surface area contributed by atoms with Crippen LogP contribution in [0.4, 0.5) is 0 Å². The highest BCUT2D eigenvalue weighted by molar-refractivity contribution is 7.89. The third-order valence-electron chi connectivity index (χ3n) is 3.89. The number of methoxy groups -OCH3 is 1. The van der Waals surface area contributed by atoms with Crippen molar-refractivity contribution in [2.75, 3.05) is 7.11 Å². The SMILES string of the molecule is COC(=O)c1cc(S(=O)(=O)N[C@H](C)c2cc(C)ccc2C)ccc1Cl. The fourth-order valence-corrected chi connectivity index (χ4v) is 3.97. The van der Waals surface area contributed by atoms with Crippen LogP contribution >= 0.6 is 11.6 Å². The third-order valence-corrected chi connectivity index (χ3v) is 5.75. The summed E-state index contributed by atoms with van der Waals surface area (Å²) >= 11 is 5.94. The maximum absolute atomic E-state index is 12.7. The van der Waals surface area contributed by atoms with Crippen LogP contribution in [-0.4, -0.2) is 21.5 Å². The molecule has 134 valence electrons. The molecule has 0 aliphatic heterocycles. The Morgan fingerprint density at radius 3 is 2.48 bits per heavy atom. The maximum atomic E-state index is 12.7. The molecule has 0 amide bonds. The van der Waals surface area contributed by atoms with E-state index in [1.165, 1.54) is 25.3 Å². The summed E-state index contributed by atoms with van der Waals surface area (Å²) in [5.74, 6) is -0.690. The van der Waals surface area contributed by atoms with Crippen molar-refractivity contribution in [1.82, 2.24) is 4.72 Å².